The second-order valence-electron chi connectivity index (χ2n) is 5.59. The van der Waals surface area contributed by atoms with Crippen LogP contribution in [0.1, 0.15) is 27.7 Å². The van der Waals surface area contributed by atoms with Crippen molar-refractivity contribution in [3.8, 4) is 0 Å². The highest BCUT2D eigenvalue weighted by molar-refractivity contribution is 5.40. The lowest BCUT2D eigenvalue weighted by molar-refractivity contribution is 0.627. The van der Waals surface area contributed by atoms with Crippen molar-refractivity contribution in [2.45, 2.75) is 27.7 Å². The summed E-state index contributed by atoms with van der Waals surface area (Å²) in [5, 5.41) is 0. The molecule has 1 aliphatic rings. The second kappa shape index (κ2) is 8.97. The van der Waals surface area contributed by atoms with Crippen molar-refractivity contribution >= 4 is 0 Å². The molecule has 1 aliphatic carbocycles. The third kappa shape index (κ3) is 7.31. The topological polar surface area (TPSA) is 0 Å². The number of allylic oxidation sites excluding steroid dienone is 16. The first-order valence-electron chi connectivity index (χ1n) is 7.46. The highest BCUT2D eigenvalue weighted by Crippen LogP contribution is 2.22. The first-order valence-corrected chi connectivity index (χ1v) is 7.46. The van der Waals surface area contributed by atoms with Gasteiger partial charge in [0.2, 0.25) is 0 Å². The highest BCUT2D eigenvalue weighted by Gasteiger charge is 2.09. The van der Waals surface area contributed by atoms with Gasteiger partial charge in [0.05, 0.1) is 0 Å². The predicted molar refractivity (Wildman–Crippen MR) is 96.1 cm³/mol. The Balaban J connectivity index is 2.72. The van der Waals surface area contributed by atoms with E-state index in [2.05, 4.69) is 80.7 Å². The van der Waals surface area contributed by atoms with Crippen LogP contribution in [0.5, 0.6) is 0 Å². The fourth-order valence-electron chi connectivity index (χ4n) is 1.84. The highest BCUT2D eigenvalue weighted by atomic mass is 14.1. The molecule has 0 saturated carbocycles. The molecule has 0 amide bonds. The Bertz CT molecular complexity index is 553. The molecule has 0 fully saturated rings. The molecule has 21 heavy (non-hydrogen) atoms. The summed E-state index contributed by atoms with van der Waals surface area (Å²) in [7, 11) is 0. The molecule has 0 saturated heterocycles. The maximum Gasteiger partial charge on any atom is 0.00109 e. The molecule has 0 unspecified atom stereocenters. The zero-order chi connectivity index (χ0) is 15.6. The maximum absolute atomic E-state index is 2.23. The van der Waals surface area contributed by atoms with Gasteiger partial charge in [-0.05, 0) is 25.0 Å². The number of rotatable bonds is 5. The van der Waals surface area contributed by atoms with E-state index in [1.807, 2.05) is 32.1 Å². The van der Waals surface area contributed by atoms with Crippen LogP contribution in [-0.4, -0.2) is 0 Å². The maximum atomic E-state index is 2.23. The Morgan fingerprint density at radius 1 is 0.952 bits per heavy atom. The zero-order valence-corrected chi connectivity index (χ0v) is 13.6. The van der Waals surface area contributed by atoms with Crippen molar-refractivity contribution in [1.82, 2.24) is 0 Å². The van der Waals surface area contributed by atoms with E-state index in [0.29, 0.717) is 0 Å². The van der Waals surface area contributed by atoms with E-state index in [-0.39, 0.29) is 5.41 Å². The SMILES string of the molecule is C\C=C/C=C(\C=C/C)/C=C/C=C/C1=CC=CC(C)(C)C=C1. The molecule has 0 heterocycles. The minimum Gasteiger partial charge on any atom is -0.0876 e. The van der Waals surface area contributed by atoms with Crippen molar-refractivity contribution < 1.29 is 0 Å². The van der Waals surface area contributed by atoms with Crippen LogP contribution in [0.3, 0.4) is 0 Å². The lowest BCUT2D eigenvalue weighted by Gasteiger charge is -2.12. The number of hydrogen-bond acceptors (Lipinski definition) is 0. The smallest absolute Gasteiger partial charge is 0.00109 e. The zero-order valence-electron chi connectivity index (χ0n) is 13.6. The standard InChI is InChI=1S/C21H26/c1-5-7-12-19(11-6-2)13-8-9-14-20-15-10-17-21(3,4)18-16-20/h5-18H,1-4H3/b7-5-,11-6-,13-8+,14-9+,19-12+. The Labute approximate surface area is 130 Å². The molecule has 0 aromatic carbocycles. The predicted octanol–water partition coefficient (Wildman–Crippen LogP) is 6.26. The molecule has 0 atom stereocenters. The van der Waals surface area contributed by atoms with Crippen molar-refractivity contribution in [2.24, 2.45) is 5.41 Å². The van der Waals surface area contributed by atoms with Gasteiger partial charge >= 0.3 is 0 Å². The van der Waals surface area contributed by atoms with E-state index < -0.39 is 0 Å². The van der Waals surface area contributed by atoms with Crippen LogP contribution in [0.2, 0.25) is 0 Å². The summed E-state index contributed by atoms with van der Waals surface area (Å²) in [6.45, 7) is 8.46. The molecule has 0 N–H and O–H groups in total. The van der Waals surface area contributed by atoms with Crippen LogP contribution >= 0.6 is 0 Å². The van der Waals surface area contributed by atoms with Crippen LogP contribution < -0.4 is 0 Å². The van der Waals surface area contributed by atoms with Crippen molar-refractivity contribution in [2.75, 3.05) is 0 Å². The average molecular weight is 278 g/mol. The summed E-state index contributed by atoms with van der Waals surface area (Å²) in [4.78, 5) is 0. The first kappa shape index (κ1) is 17.0. The van der Waals surface area contributed by atoms with Crippen LogP contribution in [0.15, 0.2) is 96.2 Å². The summed E-state index contributed by atoms with van der Waals surface area (Å²) in [6.07, 6.45) is 29.6. The second-order valence-corrected chi connectivity index (χ2v) is 5.59. The van der Waals surface area contributed by atoms with E-state index in [0.717, 1.165) is 0 Å². The van der Waals surface area contributed by atoms with Gasteiger partial charge in [-0.1, -0.05) is 98.9 Å². The van der Waals surface area contributed by atoms with Crippen LogP contribution in [-0.2, 0) is 0 Å². The molecule has 0 aromatic heterocycles. The fourth-order valence-corrected chi connectivity index (χ4v) is 1.84. The summed E-state index contributed by atoms with van der Waals surface area (Å²) < 4.78 is 0. The van der Waals surface area contributed by atoms with E-state index >= 15 is 0 Å². The Hall–Kier alpha value is -2.08. The van der Waals surface area contributed by atoms with Crippen molar-refractivity contribution in [3.63, 3.8) is 0 Å². The third-order valence-corrected chi connectivity index (χ3v) is 3.05. The lowest BCUT2D eigenvalue weighted by Crippen LogP contribution is -2.00. The summed E-state index contributed by atoms with van der Waals surface area (Å²) in [5.41, 5.74) is 2.54. The van der Waals surface area contributed by atoms with Crippen molar-refractivity contribution in [1.29, 1.82) is 0 Å². The molecule has 110 valence electrons. The molecule has 1 rings (SSSR count). The first-order chi connectivity index (χ1) is 10.1. The average Bonchev–Trinajstić information content (AvgIpc) is 2.62. The molecule has 0 radical (unpaired) electrons. The minimum absolute atomic E-state index is 0.135. The van der Waals surface area contributed by atoms with Gasteiger partial charge < -0.3 is 0 Å². The molecular formula is C21H26. The van der Waals surface area contributed by atoms with Crippen LogP contribution in [0.4, 0.5) is 0 Å². The quantitative estimate of drug-likeness (QED) is 0.521. The number of hydrogen-bond donors (Lipinski definition) is 0. The van der Waals surface area contributed by atoms with E-state index in [1.54, 1.807) is 0 Å². The molecule has 0 bridgehead atoms. The Morgan fingerprint density at radius 2 is 1.76 bits per heavy atom. The largest absolute Gasteiger partial charge is 0.0876 e. The summed E-state index contributed by atoms with van der Waals surface area (Å²) in [5.74, 6) is 0. The van der Waals surface area contributed by atoms with Gasteiger partial charge in [-0.2, -0.15) is 0 Å². The molecule has 0 aromatic rings. The van der Waals surface area contributed by atoms with Crippen molar-refractivity contribution in [3.05, 3.63) is 96.2 Å². The lowest BCUT2D eigenvalue weighted by atomic mass is 9.93. The Kier molecular flexibility index (Phi) is 7.25. The van der Waals surface area contributed by atoms with Gasteiger partial charge in [0.15, 0.2) is 0 Å². The van der Waals surface area contributed by atoms with E-state index in [4.69, 9.17) is 0 Å². The Morgan fingerprint density at radius 3 is 2.48 bits per heavy atom. The van der Waals surface area contributed by atoms with Gasteiger partial charge in [0.25, 0.3) is 0 Å². The normalized spacial score (nSPS) is 19.2. The van der Waals surface area contributed by atoms with Crippen LogP contribution in [0.25, 0.3) is 0 Å². The van der Waals surface area contributed by atoms with Gasteiger partial charge in [0, 0.05) is 5.41 Å². The molecule has 0 spiro atoms. The molecule has 0 nitrogen and oxygen atoms in total. The summed E-state index contributed by atoms with van der Waals surface area (Å²) >= 11 is 0. The minimum atomic E-state index is 0.135. The van der Waals surface area contributed by atoms with Crippen LogP contribution in [0, 0.1) is 5.41 Å². The monoisotopic (exact) mass is 278 g/mol. The van der Waals surface area contributed by atoms with Gasteiger partial charge in [-0.25, -0.2) is 0 Å². The van der Waals surface area contributed by atoms with E-state index in [1.165, 1.54) is 11.1 Å². The van der Waals surface area contributed by atoms with Gasteiger partial charge in [-0.15, -0.1) is 0 Å². The third-order valence-electron chi connectivity index (χ3n) is 3.05. The van der Waals surface area contributed by atoms with Gasteiger partial charge in [0.1, 0.15) is 0 Å². The fraction of sp³-hybridized carbons (Fsp3) is 0.238. The van der Waals surface area contributed by atoms with E-state index in [9.17, 15) is 0 Å². The molecule has 0 heteroatoms. The van der Waals surface area contributed by atoms with Gasteiger partial charge in [-0.3, -0.25) is 0 Å². The molecular weight excluding hydrogens is 252 g/mol. The molecule has 0 aliphatic heterocycles. The summed E-state index contributed by atoms with van der Waals surface area (Å²) in [6, 6.07) is 0.